The second kappa shape index (κ2) is 9.91. The Morgan fingerprint density at radius 1 is 1.17 bits per heavy atom. The number of unbranched alkanes of at least 4 members (excludes halogenated alkanes) is 1. The number of hydrogen-bond acceptors (Lipinski definition) is 3. The molecule has 1 atom stereocenters. The second-order valence-corrected chi connectivity index (χ2v) is 6.98. The van der Waals surface area contributed by atoms with Crippen molar-refractivity contribution in [1.29, 1.82) is 0 Å². The molecule has 23 heavy (non-hydrogen) atoms. The molecule has 1 saturated carbocycles. The number of carbonyl (C=O) groups excluding carboxylic acids is 2. The predicted octanol–water partition coefficient (Wildman–Crippen LogP) is 2.35. The first-order valence-corrected chi connectivity index (χ1v) is 9.34. The van der Waals surface area contributed by atoms with E-state index in [9.17, 15) is 9.59 Å². The minimum atomic E-state index is 0.0907. The summed E-state index contributed by atoms with van der Waals surface area (Å²) in [4.78, 5) is 26.2. The zero-order valence-electron chi connectivity index (χ0n) is 14.5. The average molecular weight is 324 g/mol. The van der Waals surface area contributed by atoms with Crippen molar-refractivity contribution in [3.8, 4) is 0 Å². The Hall–Kier alpha value is -1.10. The number of hydrogen-bond donors (Lipinski definition) is 1. The van der Waals surface area contributed by atoms with Crippen molar-refractivity contribution in [2.45, 2.75) is 58.3 Å². The molecule has 0 aromatic rings. The van der Waals surface area contributed by atoms with Crippen LogP contribution in [0, 0.1) is 11.8 Å². The van der Waals surface area contributed by atoms with Gasteiger partial charge in [-0.2, -0.15) is 0 Å². The Bertz CT molecular complexity index is 380. The van der Waals surface area contributed by atoms with Crippen LogP contribution in [0.15, 0.2) is 0 Å². The molecule has 132 valence electrons. The van der Waals surface area contributed by atoms with Crippen LogP contribution in [0.4, 0.5) is 0 Å². The van der Waals surface area contributed by atoms with Gasteiger partial charge in [-0.05, 0) is 38.0 Å². The zero-order valence-corrected chi connectivity index (χ0v) is 14.5. The van der Waals surface area contributed by atoms with Gasteiger partial charge in [0.1, 0.15) is 6.61 Å². The molecule has 0 radical (unpaired) electrons. The highest BCUT2D eigenvalue weighted by Crippen LogP contribution is 2.25. The fraction of sp³-hybridized carbons (Fsp3) is 0.889. The van der Waals surface area contributed by atoms with Crippen LogP contribution in [-0.2, 0) is 14.3 Å². The first-order chi connectivity index (χ1) is 11.2. The van der Waals surface area contributed by atoms with Crippen molar-refractivity contribution < 1.29 is 14.3 Å². The summed E-state index contributed by atoms with van der Waals surface area (Å²) in [6.45, 7) is 5.25. The standard InChI is InChI=1S/C18H32N2O3/c1-2-3-11-23-14-17(21)20-10-6-7-15(13-20)12-19-18(22)16-8-4-5-9-16/h15-16H,2-14H2,1H3,(H,19,22). The monoisotopic (exact) mass is 324 g/mol. The number of piperidine rings is 1. The van der Waals surface area contributed by atoms with Crippen LogP contribution < -0.4 is 5.32 Å². The molecule has 1 heterocycles. The molecule has 1 N–H and O–H groups in total. The minimum absolute atomic E-state index is 0.0907. The Labute approximate surface area is 140 Å². The summed E-state index contributed by atoms with van der Waals surface area (Å²) in [6, 6.07) is 0. The maximum Gasteiger partial charge on any atom is 0.248 e. The molecule has 1 aliphatic heterocycles. The van der Waals surface area contributed by atoms with E-state index in [-0.39, 0.29) is 24.3 Å². The maximum atomic E-state index is 12.2. The van der Waals surface area contributed by atoms with E-state index in [0.29, 0.717) is 19.1 Å². The third kappa shape index (κ3) is 6.13. The van der Waals surface area contributed by atoms with Crippen molar-refractivity contribution in [2.75, 3.05) is 32.8 Å². The van der Waals surface area contributed by atoms with Gasteiger partial charge >= 0.3 is 0 Å². The van der Waals surface area contributed by atoms with E-state index in [1.807, 2.05) is 4.90 Å². The highest BCUT2D eigenvalue weighted by atomic mass is 16.5. The molecular weight excluding hydrogens is 292 g/mol. The normalized spacial score (nSPS) is 22.3. The zero-order chi connectivity index (χ0) is 16.5. The summed E-state index contributed by atoms with van der Waals surface area (Å²) in [5, 5.41) is 3.11. The molecule has 1 aliphatic carbocycles. The van der Waals surface area contributed by atoms with Crippen LogP contribution in [0.3, 0.4) is 0 Å². The molecule has 0 aromatic carbocycles. The second-order valence-electron chi connectivity index (χ2n) is 6.98. The fourth-order valence-corrected chi connectivity index (χ4v) is 3.53. The van der Waals surface area contributed by atoms with Gasteiger partial charge < -0.3 is 15.0 Å². The lowest BCUT2D eigenvalue weighted by Gasteiger charge is -2.33. The molecule has 1 saturated heterocycles. The molecule has 1 unspecified atom stereocenters. The fourth-order valence-electron chi connectivity index (χ4n) is 3.53. The third-order valence-electron chi connectivity index (χ3n) is 5.03. The lowest BCUT2D eigenvalue weighted by atomic mass is 9.97. The van der Waals surface area contributed by atoms with Crippen LogP contribution in [0.5, 0.6) is 0 Å². The lowest BCUT2D eigenvalue weighted by molar-refractivity contribution is -0.138. The van der Waals surface area contributed by atoms with Gasteiger partial charge in [0.25, 0.3) is 0 Å². The van der Waals surface area contributed by atoms with Crippen molar-refractivity contribution in [3.63, 3.8) is 0 Å². The van der Waals surface area contributed by atoms with Crippen LogP contribution in [0.25, 0.3) is 0 Å². The minimum Gasteiger partial charge on any atom is -0.372 e. The van der Waals surface area contributed by atoms with Gasteiger partial charge in [0, 0.05) is 32.2 Å². The Morgan fingerprint density at radius 2 is 1.96 bits per heavy atom. The molecule has 2 aliphatic rings. The molecule has 2 rings (SSSR count). The van der Waals surface area contributed by atoms with E-state index >= 15 is 0 Å². The van der Waals surface area contributed by atoms with Gasteiger partial charge in [0.2, 0.25) is 11.8 Å². The van der Waals surface area contributed by atoms with Crippen LogP contribution in [0.2, 0.25) is 0 Å². The highest BCUT2D eigenvalue weighted by molar-refractivity contribution is 5.79. The molecule has 0 bridgehead atoms. The predicted molar refractivity (Wildman–Crippen MR) is 90.0 cm³/mol. The number of rotatable bonds is 8. The molecule has 5 nitrogen and oxygen atoms in total. The van der Waals surface area contributed by atoms with Crippen molar-refractivity contribution in [1.82, 2.24) is 10.2 Å². The van der Waals surface area contributed by atoms with Crippen molar-refractivity contribution >= 4 is 11.8 Å². The first-order valence-electron chi connectivity index (χ1n) is 9.34. The van der Waals surface area contributed by atoms with Crippen molar-refractivity contribution in [3.05, 3.63) is 0 Å². The summed E-state index contributed by atoms with van der Waals surface area (Å²) >= 11 is 0. The smallest absolute Gasteiger partial charge is 0.248 e. The Balaban J connectivity index is 1.66. The highest BCUT2D eigenvalue weighted by Gasteiger charge is 2.26. The molecule has 0 spiro atoms. The molecular formula is C18H32N2O3. The van der Waals surface area contributed by atoms with Crippen LogP contribution in [-0.4, -0.2) is 49.6 Å². The van der Waals surface area contributed by atoms with E-state index in [4.69, 9.17) is 4.74 Å². The van der Waals surface area contributed by atoms with E-state index in [0.717, 1.165) is 51.6 Å². The topological polar surface area (TPSA) is 58.6 Å². The number of amides is 2. The summed E-state index contributed by atoms with van der Waals surface area (Å²) in [5.74, 6) is 0.916. The van der Waals surface area contributed by atoms with Gasteiger partial charge in [-0.15, -0.1) is 0 Å². The SMILES string of the molecule is CCCCOCC(=O)N1CCCC(CNC(=O)C2CCCC2)C1. The van der Waals surface area contributed by atoms with Gasteiger partial charge in [-0.1, -0.05) is 26.2 Å². The number of likely N-dealkylation sites (tertiary alicyclic amines) is 1. The van der Waals surface area contributed by atoms with Gasteiger partial charge in [0.15, 0.2) is 0 Å². The number of ether oxygens (including phenoxy) is 1. The maximum absolute atomic E-state index is 12.2. The Kier molecular flexibility index (Phi) is 7.86. The number of carbonyl (C=O) groups is 2. The average Bonchev–Trinajstić information content (AvgIpc) is 3.11. The quantitative estimate of drug-likeness (QED) is 0.697. The van der Waals surface area contributed by atoms with Crippen LogP contribution in [0.1, 0.15) is 58.3 Å². The third-order valence-corrected chi connectivity index (χ3v) is 5.03. The van der Waals surface area contributed by atoms with Crippen LogP contribution >= 0.6 is 0 Å². The van der Waals surface area contributed by atoms with E-state index < -0.39 is 0 Å². The Morgan fingerprint density at radius 3 is 2.70 bits per heavy atom. The number of nitrogens with one attached hydrogen (secondary N) is 1. The molecule has 2 fully saturated rings. The summed E-state index contributed by atoms with van der Waals surface area (Å²) in [7, 11) is 0. The van der Waals surface area contributed by atoms with Gasteiger partial charge in [0.05, 0.1) is 0 Å². The van der Waals surface area contributed by atoms with Crippen molar-refractivity contribution in [2.24, 2.45) is 11.8 Å². The van der Waals surface area contributed by atoms with E-state index in [2.05, 4.69) is 12.2 Å². The summed E-state index contributed by atoms with van der Waals surface area (Å²) in [6.07, 6.45) is 8.63. The largest absolute Gasteiger partial charge is 0.372 e. The first kappa shape index (κ1) is 18.2. The molecule has 5 heteroatoms. The van der Waals surface area contributed by atoms with E-state index in [1.165, 1.54) is 12.8 Å². The molecule has 2 amide bonds. The van der Waals surface area contributed by atoms with E-state index in [1.54, 1.807) is 0 Å². The molecule has 0 aromatic heterocycles. The summed E-state index contributed by atoms with van der Waals surface area (Å²) < 4.78 is 5.43. The summed E-state index contributed by atoms with van der Waals surface area (Å²) in [5.41, 5.74) is 0. The lowest BCUT2D eigenvalue weighted by Crippen LogP contribution is -2.45. The van der Waals surface area contributed by atoms with Gasteiger partial charge in [-0.3, -0.25) is 9.59 Å². The van der Waals surface area contributed by atoms with Gasteiger partial charge in [-0.25, -0.2) is 0 Å². The number of nitrogens with zero attached hydrogens (tertiary/aromatic N) is 1.